The molecular formula is C23H37N3O6. The van der Waals surface area contributed by atoms with E-state index in [1.165, 1.54) is 13.0 Å². The maximum absolute atomic E-state index is 13.1. The summed E-state index contributed by atoms with van der Waals surface area (Å²) in [7, 11) is 0. The van der Waals surface area contributed by atoms with Crippen molar-refractivity contribution in [1.29, 1.82) is 0 Å². The second-order valence-electron chi connectivity index (χ2n) is 8.59. The van der Waals surface area contributed by atoms with E-state index >= 15 is 0 Å². The number of allylic oxidation sites excluding steroid dienone is 1. The van der Waals surface area contributed by atoms with E-state index in [1.54, 1.807) is 13.8 Å². The molecule has 0 aromatic rings. The molecule has 0 unspecified atom stereocenters. The van der Waals surface area contributed by atoms with E-state index in [4.69, 9.17) is 4.74 Å². The van der Waals surface area contributed by atoms with Crippen LogP contribution in [-0.4, -0.2) is 53.6 Å². The van der Waals surface area contributed by atoms with Gasteiger partial charge in [-0.05, 0) is 37.7 Å². The van der Waals surface area contributed by atoms with Crippen molar-refractivity contribution < 1.29 is 29.0 Å². The SMILES string of the molecule is C=C1C=CC(=O)N[C@@H](C)C(=O)N[C@H](C(C)C)C(=O)O[C@H]([C@H](C)CCC)[C@@H](CCO)C(=O)N1. The van der Waals surface area contributed by atoms with Crippen molar-refractivity contribution in [3.05, 3.63) is 24.4 Å². The highest BCUT2D eigenvalue weighted by Gasteiger charge is 2.38. The maximum atomic E-state index is 13.1. The summed E-state index contributed by atoms with van der Waals surface area (Å²) < 4.78 is 5.83. The number of esters is 1. The Morgan fingerprint density at radius 1 is 1.09 bits per heavy atom. The molecule has 4 N–H and O–H groups in total. The maximum Gasteiger partial charge on any atom is 0.329 e. The molecule has 180 valence electrons. The van der Waals surface area contributed by atoms with Crippen LogP contribution < -0.4 is 16.0 Å². The van der Waals surface area contributed by atoms with Crippen LogP contribution in [0.4, 0.5) is 0 Å². The highest BCUT2D eigenvalue weighted by molar-refractivity contribution is 5.94. The van der Waals surface area contributed by atoms with Gasteiger partial charge in [0, 0.05) is 18.4 Å². The molecule has 1 aliphatic heterocycles. The van der Waals surface area contributed by atoms with E-state index < -0.39 is 47.8 Å². The fourth-order valence-electron chi connectivity index (χ4n) is 3.58. The first-order valence-corrected chi connectivity index (χ1v) is 11.1. The summed E-state index contributed by atoms with van der Waals surface area (Å²) in [6.45, 7) is 12.3. The second-order valence-corrected chi connectivity index (χ2v) is 8.59. The van der Waals surface area contributed by atoms with Gasteiger partial charge in [-0.1, -0.05) is 40.7 Å². The zero-order chi connectivity index (χ0) is 24.4. The summed E-state index contributed by atoms with van der Waals surface area (Å²) >= 11 is 0. The van der Waals surface area contributed by atoms with Crippen LogP contribution in [0, 0.1) is 17.8 Å². The van der Waals surface area contributed by atoms with Gasteiger partial charge in [0.2, 0.25) is 17.7 Å². The minimum atomic E-state index is -0.966. The molecule has 0 aromatic carbocycles. The molecule has 0 saturated carbocycles. The first kappa shape index (κ1) is 27.4. The molecular weight excluding hydrogens is 414 g/mol. The van der Waals surface area contributed by atoms with Gasteiger partial charge in [0.1, 0.15) is 18.2 Å². The number of aliphatic hydroxyl groups is 1. The summed E-state index contributed by atoms with van der Waals surface area (Å²) in [5.74, 6) is -3.52. The van der Waals surface area contributed by atoms with Crippen molar-refractivity contribution in [1.82, 2.24) is 16.0 Å². The fraction of sp³-hybridized carbons (Fsp3) is 0.652. The van der Waals surface area contributed by atoms with E-state index in [9.17, 15) is 24.3 Å². The van der Waals surface area contributed by atoms with Gasteiger partial charge in [0.25, 0.3) is 0 Å². The predicted octanol–water partition coefficient (Wildman–Crippen LogP) is 1.18. The number of hydrogen-bond donors (Lipinski definition) is 4. The van der Waals surface area contributed by atoms with Crippen molar-refractivity contribution in [3.8, 4) is 0 Å². The largest absolute Gasteiger partial charge is 0.460 e. The third kappa shape index (κ3) is 8.11. The van der Waals surface area contributed by atoms with Crippen LogP contribution in [0.15, 0.2) is 24.4 Å². The van der Waals surface area contributed by atoms with E-state index in [0.717, 1.165) is 12.5 Å². The molecule has 9 nitrogen and oxygen atoms in total. The lowest BCUT2D eigenvalue weighted by molar-refractivity contribution is -0.162. The van der Waals surface area contributed by atoms with Crippen LogP contribution in [0.25, 0.3) is 0 Å². The lowest BCUT2D eigenvalue weighted by Gasteiger charge is -2.33. The fourth-order valence-corrected chi connectivity index (χ4v) is 3.58. The van der Waals surface area contributed by atoms with Crippen LogP contribution in [0.3, 0.4) is 0 Å². The zero-order valence-corrected chi connectivity index (χ0v) is 19.6. The molecule has 0 fully saturated rings. The van der Waals surface area contributed by atoms with E-state index in [2.05, 4.69) is 22.5 Å². The average Bonchev–Trinajstić information content (AvgIpc) is 2.71. The van der Waals surface area contributed by atoms with Crippen LogP contribution in [0.2, 0.25) is 0 Å². The van der Waals surface area contributed by atoms with Crippen LogP contribution in [-0.2, 0) is 23.9 Å². The summed E-state index contributed by atoms with van der Waals surface area (Å²) in [4.78, 5) is 50.8. The van der Waals surface area contributed by atoms with Gasteiger partial charge in [-0.25, -0.2) is 4.79 Å². The number of hydrogen-bond acceptors (Lipinski definition) is 6. The predicted molar refractivity (Wildman–Crippen MR) is 120 cm³/mol. The monoisotopic (exact) mass is 451 g/mol. The molecule has 0 saturated heterocycles. The van der Waals surface area contributed by atoms with E-state index in [1.807, 2.05) is 13.8 Å². The molecule has 5 atom stereocenters. The molecule has 0 spiro atoms. The molecule has 1 aliphatic rings. The van der Waals surface area contributed by atoms with Gasteiger partial charge in [-0.15, -0.1) is 0 Å². The molecule has 1 rings (SSSR count). The molecule has 0 bridgehead atoms. The van der Waals surface area contributed by atoms with E-state index in [0.29, 0.717) is 6.42 Å². The van der Waals surface area contributed by atoms with Gasteiger partial charge < -0.3 is 25.8 Å². The van der Waals surface area contributed by atoms with Gasteiger partial charge >= 0.3 is 5.97 Å². The number of amides is 3. The van der Waals surface area contributed by atoms with Crippen molar-refractivity contribution in [3.63, 3.8) is 0 Å². The number of rotatable bonds is 6. The number of carbonyl (C=O) groups excluding carboxylic acids is 4. The average molecular weight is 452 g/mol. The lowest BCUT2D eigenvalue weighted by atomic mass is 9.86. The lowest BCUT2D eigenvalue weighted by Crippen LogP contribution is -2.53. The van der Waals surface area contributed by atoms with Crippen LogP contribution in [0.5, 0.6) is 0 Å². The Bertz CT molecular complexity index is 733. The standard InChI is InChI=1S/C23H37N3O6/c1-7-8-14(4)20-17(11-12-27)22(30)24-15(5)9-10-18(28)25-16(6)21(29)26-19(13(2)3)23(31)32-20/h9-10,13-14,16-17,19-20,27H,5,7-8,11-12H2,1-4,6H3,(H,24,30)(H,25,28)(H,26,29)/t14-,16+,17-,19-,20-/m1/s1. The first-order chi connectivity index (χ1) is 15.0. The highest BCUT2D eigenvalue weighted by atomic mass is 16.5. The Morgan fingerprint density at radius 3 is 2.31 bits per heavy atom. The van der Waals surface area contributed by atoms with Crippen molar-refractivity contribution >= 4 is 23.7 Å². The molecule has 3 amide bonds. The quantitative estimate of drug-likeness (QED) is 0.448. The highest BCUT2D eigenvalue weighted by Crippen LogP contribution is 2.26. The van der Waals surface area contributed by atoms with Gasteiger partial charge in [0.05, 0.1) is 5.92 Å². The second kappa shape index (κ2) is 13.0. The number of ether oxygens (including phenoxy) is 1. The third-order valence-corrected chi connectivity index (χ3v) is 5.42. The Balaban J connectivity index is 3.42. The Labute approximate surface area is 190 Å². The Morgan fingerprint density at radius 2 is 1.75 bits per heavy atom. The smallest absolute Gasteiger partial charge is 0.329 e. The van der Waals surface area contributed by atoms with E-state index in [-0.39, 0.29) is 30.6 Å². The number of carbonyl (C=O) groups is 4. The number of aliphatic hydroxyl groups excluding tert-OH is 1. The Hall–Kier alpha value is -2.68. The summed E-state index contributed by atoms with van der Waals surface area (Å²) in [6, 6.07) is -1.86. The van der Waals surface area contributed by atoms with Crippen molar-refractivity contribution in [2.75, 3.05) is 6.61 Å². The molecule has 0 aliphatic carbocycles. The van der Waals surface area contributed by atoms with Crippen molar-refractivity contribution in [2.45, 2.75) is 72.1 Å². The summed E-state index contributed by atoms with van der Waals surface area (Å²) in [5.41, 5.74) is 0.161. The van der Waals surface area contributed by atoms with Crippen LogP contribution in [0.1, 0.15) is 53.9 Å². The van der Waals surface area contributed by atoms with Gasteiger partial charge in [-0.3, -0.25) is 14.4 Å². The number of cyclic esters (lactones) is 1. The molecule has 9 heteroatoms. The minimum absolute atomic E-state index is 0.0745. The Kier molecular flexibility index (Phi) is 11.1. The minimum Gasteiger partial charge on any atom is -0.460 e. The third-order valence-electron chi connectivity index (χ3n) is 5.42. The van der Waals surface area contributed by atoms with Gasteiger partial charge in [-0.2, -0.15) is 0 Å². The molecule has 1 heterocycles. The molecule has 0 aromatic heterocycles. The summed E-state index contributed by atoms with van der Waals surface area (Å²) in [5, 5.41) is 17.3. The topological polar surface area (TPSA) is 134 Å². The van der Waals surface area contributed by atoms with Gasteiger partial charge in [0.15, 0.2) is 0 Å². The van der Waals surface area contributed by atoms with Crippen LogP contribution >= 0.6 is 0 Å². The van der Waals surface area contributed by atoms with Crippen molar-refractivity contribution in [2.24, 2.45) is 17.8 Å². The molecule has 0 radical (unpaired) electrons. The number of nitrogens with one attached hydrogen (secondary N) is 3. The summed E-state index contributed by atoms with van der Waals surface area (Å²) in [6.07, 6.45) is 3.25. The first-order valence-electron chi connectivity index (χ1n) is 11.1. The zero-order valence-electron chi connectivity index (χ0n) is 19.6. The molecule has 32 heavy (non-hydrogen) atoms. The normalized spacial score (nSPS) is 27.0.